The van der Waals surface area contributed by atoms with Gasteiger partial charge in [0.2, 0.25) is 5.95 Å². The van der Waals surface area contributed by atoms with Crippen LogP contribution in [-0.4, -0.2) is 15.9 Å². The molecule has 0 radical (unpaired) electrons. The molecular weight excluding hydrogens is 350 g/mol. The lowest BCUT2D eigenvalue weighted by Gasteiger charge is -2.14. The van der Waals surface area contributed by atoms with Crippen molar-refractivity contribution < 1.29 is 4.79 Å². The summed E-state index contributed by atoms with van der Waals surface area (Å²) >= 11 is 0. The maximum absolute atomic E-state index is 12.7. The topological polar surface area (TPSA) is 90.7 Å². The number of nitriles is 1. The lowest BCUT2D eigenvalue weighted by atomic mass is 10.0. The predicted molar refractivity (Wildman–Crippen MR) is 110 cm³/mol. The van der Waals surface area contributed by atoms with Crippen LogP contribution in [-0.2, 0) is 0 Å². The van der Waals surface area contributed by atoms with Crippen molar-refractivity contribution in [2.45, 2.75) is 26.7 Å². The summed E-state index contributed by atoms with van der Waals surface area (Å²) in [6, 6.07) is 18.5. The van der Waals surface area contributed by atoms with Gasteiger partial charge in [0.25, 0.3) is 5.91 Å². The molecule has 2 N–H and O–H groups in total. The number of hydrogen-bond acceptors (Lipinski definition) is 5. The van der Waals surface area contributed by atoms with Crippen molar-refractivity contribution in [3.05, 3.63) is 77.1 Å². The highest BCUT2D eigenvalue weighted by Crippen LogP contribution is 2.26. The Kier molecular flexibility index (Phi) is 5.66. The maximum atomic E-state index is 12.7. The predicted octanol–water partition coefficient (Wildman–Crippen LogP) is 4.78. The normalized spacial score (nSPS) is 10.4. The van der Waals surface area contributed by atoms with E-state index in [-0.39, 0.29) is 5.69 Å². The van der Waals surface area contributed by atoms with Gasteiger partial charge in [0, 0.05) is 11.4 Å². The third kappa shape index (κ3) is 4.33. The van der Waals surface area contributed by atoms with Crippen LogP contribution < -0.4 is 10.6 Å². The molecule has 3 aromatic rings. The second kappa shape index (κ2) is 8.31. The molecule has 1 heterocycles. The van der Waals surface area contributed by atoms with Crippen molar-refractivity contribution in [2.24, 2.45) is 0 Å². The third-order valence-electron chi connectivity index (χ3n) is 4.21. The smallest absolute Gasteiger partial charge is 0.274 e. The molecule has 0 saturated heterocycles. The van der Waals surface area contributed by atoms with E-state index in [1.165, 1.54) is 0 Å². The summed E-state index contributed by atoms with van der Waals surface area (Å²) < 4.78 is 0. The highest BCUT2D eigenvalue weighted by atomic mass is 16.1. The summed E-state index contributed by atoms with van der Waals surface area (Å²) in [6.45, 7) is 6.04. The minimum absolute atomic E-state index is 0.227. The molecule has 0 bridgehead atoms. The minimum atomic E-state index is -0.395. The van der Waals surface area contributed by atoms with Gasteiger partial charge in [-0.1, -0.05) is 44.2 Å². The monoisotopic (exact) mass is 371 g/mol. The Labute approximate surface area is 164 Å². The van der Waals surface area contributed by atoms with Gasteiger partial charge in [0.1, 0.15) is 11.8 Å². The van der Waals surface area contributed by atoms with E-state index in [0.717, 1.165) is 11.3 Å². The van der Waals surface area contributed by atoms with Crippen LogP contribution in [0, 0.1) is 18.3 Å². The van der Waals surface area contributed by atoms with Crippen LogP contribution in [0.2, 0.25) is 0 Å². The number of carbonyl (C=O) groups excluding carboxylic acids is 1. The number of nitrogens with one attached hydrogen (secondary N) is 2. The average molecular weight is 371 g/mol. The zero-order valence-corrected chi connectivity index (χ0v) is 16.0. The van der Waals surface area contributed by atoms with E-state index in [1.807, 2.05) is 18.2 Å². The molecule has 0 unspecified atom stereocenters. The Hall–Kier alpha value is -3.72. The second-order valence-electron chi connectivity index (χ2n) is 6.70. The van der Waals surface area contributed by atoms with Crippen molar-refractivity contribution in [3.8, 4) is 6.07 Å². The molecule has 1 amide bonds. The Morgan fingerprint density at radius 2 is 1.71 bits per heavy atom. The molecule has 0 aliphatic rings. The highest BCUT2D eigenvalue weighted by molar-refractivity contribution is 6.03. The van der Waals surface area contributed by atoms with Crippen LogP contribution in [0.5, 0.6) is 0 Å². The van der Waals surface area contributed by atoms with Crippen molar-refractivity contribution in [3.63, 3.8) is 0 Å². The summed E-state index contributed by atoms with van der Waals surface area (Å²) in [4.78, 5) is 21.4. The Morgan fingerprint density at radius 1 is 1.04 bits per heavy atom. The highest BCUT2D eigenvalue weighted by Gasteiger charge is 2.14. The van der Waals surface area contributed by atoms with E-state index in [4.69, 9.17) is 0 Å². The Balaban J connectivity index is 1.88. The number of rotatable bonds is 5. The summed E-state index contributed by atoms with van der Waals surface area (Å²) in [7, 11) is 0. The van der Waals surface area contributed by atoms with E-state index in [1.54, 1.807) is 37.3 Å². The standard InChI is InChI=1S/C22H21N5O/c1-14(2)17-9-5-7-11-19(17)26-22-24-15(3)12-20(27-22)21(28)25-18-10-6-4-8-16(18)13-23/h4-12,14H,1-3H3,(H,25,28)(H,24,26,27). The average Bonchev–Trinajstić information content (AvgIpc) is 2.68. The van der Waals surface area contributed by atoms with E-state index in [9.17, 15) is 10.1 Å². The SMILES string of the molecule is Cc1cc(C(=O)Nc2ccccc2C#N)nc(Nc2ccccc2C(C)C)n1. The van der Waals surface area contributed by atoms with Gasteiger partial charge in [0.05, 0.1) is 11.3 Å². The molecular formula is C22H21N5O. The second-order valence-corrected chi connectivity index (χ2v) is 6.70. The number of nitrogens with zero attached hydrogens (tertiary/aromatic N) is 3. The van der Waals surface area contributed by atoms with Crippen LogP contribution in [0.1, 0.15) is 47.1 Å². The molecule has 0 spiro atoms. The molecule has 28 heavy (non-hydrogen) atoms. The molecule has 6 nitrogen and oxygen atoms in total. The van der Waals surface area contributed by atoms with Crippen molar-refractivity contribution in [2.75, 3.05) is 10.6 Å². The van der Waals surface area contributed by atoms with Gasteiger partial charge in [-0.25, -0.2) is 9.97 Å². The zero-order chi connectivity index (χ0) is 20.1. The minimum Gasteiger partial charge on any atom is -0.324 e. The van der Waals surface area contributed by atoms with Crippen LogP contribution in [0.25, 0.3) is 0 Å². The quantitative estimate of drug-likeness (QED) is 0.674. The fourth-order valence-electron chi connectivity index (χ4n) is 2.85. The van der Waals surface area contributed by atoms with E-state index in [0.29, 0.717) is 28.8 Å². The van der Waals surface area contributed by atoms with Crippen LogP contribution in [0.4, 0.5) is 17.3 Å². The van der Waals surface area contributed by atoms with Gasteiger partial charge in [-0.15, -0.1) is 0 Å². The lowest BCUT2D eigenvalue weighted by molar-refractivity contribution is 0.102. The van der Waals surface area contributed by atoms with Gasteiger partial charge in [-0.05, 0) is 42.7 Å². The molecule has 0 atom stereocenters. The van der Waals surface area contributed by atoms with E-state index >= 15 is 0 Å². The number of aromatic nitrogens is 2. The number of aryl methyl sites for hydroxylation is 1. The van der Waals surface area contributed by atoms with Gasteiger partial charge in [-0.2, -0.15) is 5.26 Å². The first kappa shape index (κ1) is 19.1. The van der Waals surface area contributed by atoms with Gasteiger partial charge in [0.15, 0.2) is 0 Å². The molecule has 6 heteroatoms. The summed E-state index contributed by atoms with van der Waals surface area (Å²) in [5.74, 6) is 0.291. The molecule has 0 fully saturated rings. The number of benzene rings is 2. The van der Waals surface area contributed by atoms with Crippen molar-refractivity contribution in [1.29, 1.82) is 5.26 Å². The first-order chi connectivity index (χ1) is 13.5. The van der Waals surface area contributed by atoms with Gasteiger partial charge in [-0.3, -0.25) is 4.79 Å². The van der Waals surface area contributed by atoms with Crippen LogP contribution in [0.3, 0.4) is 0 Å². The lowest BCUT2D eigenvalue weighted by Crippen LogP contribution is -2.16. The van der Waals surface area contributed by atoms with Gasteiger partial charge < -0.3 is 10.6 Å². The Bertz CT molecular complexity index is 1050. The van der Waals surface area contributed by atoms with Crippen LogP contribution in [0.15, 0.2) is 54.6 Å². The number of anilines is 3. The van der Waals surface area contributed by atoms with Crippen molar-refractivity contribution in [1.82, 2.24) is 9.97 Å². The fraction of sp³-hybridized carbons (Fsp3) is 0.182. The zero-order valence-electron chi connectivity index (χ0n) is 16.0. The fourth-order valence-corrected chi connectivity index (χ4v) is 2.85. The largest absolute Gasteiger partial charge is 0.324 e. The molecule has 0 aliphatic carbocycles. The van der Waals surface area contributed by atoms with E-state index < -0.39 is 5.91 Å². The number of para-hydroxylation sites is 2. The van der Waals surface area contributed by atoms with Gasteiger partial charge >= 0.3 is 0 Å². The summed E-state index contributed by atoms with van der Waals surface area (Å²) in [6.07, 6.45) is 0. The summed E-state index contributed by atoms with van der Waals surface area (Å²) in [5, 5.41) is 15.2. The maximum Gasteiger partial charge on any atom is 0.274 e. The molecule has 2 aromatic carbocycles. The molecule has 140 valence electrons. The first-order valence-corrected chi connectivity index (χ1v) is 9.00. The molecule has 3 rings (SSSR count). The van der Waals surface area contributed by atoms with Crippen molar-refractivity contribution >= 4 is 23.2 Å². The van der Waals surface area contributed by atoms with E-state index in [2.05, 4.69) is 46.6 Å². The molecule has 0 saturated carbocycles. The first-order valence-electron chi connectivity index (χ1n) is 9.00. The van der Waals surface area contributed by atoms with Crippen LogP contribution >= 0.6 is 0 Å². The summed E-state index contributed by atoms with van der Waals surface area (Å²) in [5.41, 5.74) is 3.78. The molecule has 0 aliphatic heterocycles. The number of carbonyl (C=O) groups is 1. The third-order valence-corrected chi connectivity index (χ3v) is 4.21. The molecule has 1 aromatic heterocycles. The Morgan fingerprint density at radius 3 is 2.43 bits per heavy atom. The number of hydrogen-bond donors (Lipinski definition) is 2. The number of amides is 1.